The zero-order valence-electron chi connectivity index (χ0n) is 34.1. The summed E-state index contributed by atoms with van der Waals surface area (Å²) in [6, 6.07) is 24.4. The highest BCUT2D eigenvalue weighted by Gasteiger charge is 2.36. The normalized spacial score (nSPS) is 18.2. The molecule has 0 aromatic heterocycles. The lowest BCUT2D eigenvalue weighted by Crippen LogP contribution is -2.42. The van der Waals surface area contributed by atoms with Crippen molar-refractivity contribution in [2.24, 2.45) is 0 Å². The predicted molar refractivity (Wildman–Crippen MR) is 253 cm³/mol. The Morgan fingerprint density at radius 2 is 1.11 bits per heavy atom. The molecular weight excluding hydrogens is 1130 g/mol. The Morgan fingerprint density at radius 1 is 0.656 bits per heavy atom. The van der Waals surface area contributed by atoms with E-state index in [4.69, 9.17) is 4.74 Å². The van der Waals surface area contributed by atoms with Gasteiger partial charge in [-0.05, 0) is 92.7 Å². The van der Waals surface area contributed by atoms with Gasteiger partial charge in [0.15, 0.2) is 12.4 Å². The fraction of sp³-hybridized carbons (Fsp3) is 0.317. The van der Waals surface area contributed by atoms with Crippen molar-refractivity contribution in [1.29, 1.82) is 10.5 Å². The molecule has 6 N–H and O–H groups in total. The van der Waals surface area contributed by atoms with E-state index in [1.54, 1.807) is 31.4 Å². The molecule has 2 fully saturated rings. The number of methoxy groups -OCH3 is 1. The number of nitrogens with one attached hydrogen (secondary N) is 6. The van der Waals surface area contributed by atoms with Crippen molar-refractivity contribution in [3.8, 4) is 18.1 Å². The highest BCUT2D eigenvalue weighted by Crippen LogP contribution is 2.29. The average molecular weight is 1170 g/mol. The maximum absolute atomic E-state index is 12.8. The van der Waals surface area contributed by atoms with Crippen molar-refractivity contribution in [3.63, 3.8) is 0 Å². The molecule has 4 aromatic carbocycles. The Kier molecular flexibility index (Phi) is 18.7. The molecule has 0 unspecified atom stereocenters. The summed E-state index contributed by atoms with van der Waals surface area (Å²) in [5.74, 6) is 0.677. The number of benzene rings is 4. The summed E-state index contributed by atoms with van der Waals surface area (Å²) in [5.41, 5.74) is 1.81. The molecule has 23 heteroatoms. The Hall–Kier alpha value is -4.46. The number of likely N-dealkylation sites (tertiary alicyclic amines) is 2. The first-order valence-electron chi connectivity index (χ1n) is 19.5. The van der Waals surface area contributed by atoms with Gasteiger partial charge in [-0.25, -0.2) is 35.9 Å². The van der Waals surface area contributed by atoms with Crippen LogP contribution in [0.15, 0.2) is 119 Å². The van der Waals surface area contributed by atoms with Crippen LogP contribution in [-0.4, -0.2) is 96.2 Å². The molecule has 6 rings (SSSR count). The van der Waals surface area contributed by atoms with Crippen molar-refractivity contribution >= 4 is 95.8 Å². The zero-order valence-corrected chi connectivity index (χ0v) is 42.1. The summed E-state index contributed by atoms with van der Waals surface area (Å²) in [6.45, 7) is 1.56. The molecular formula is C41H44Br4N10O7S2. The van der Waals surface area contributed by atoms with Crippen LogP contribution in [0.4, 0.5) is 9.59 Å². The molecule has 17 nitrogen and oxygen atoms in total. The molecule has 2 aliphatic rings. The number of amides is 4. The molecule has 340 valence electrons. The number of carbonyl (C=O) groups excluding carboxylic acids is 2. The minimum atomic E-state index is -3.80. The van der Waals surface area contributed by atoms with Gasteiger partial charge in [-0.3, -0.25) is 0 Å². The number of rotatable bonds is 15. The standard InChI is InChI=1S/C21H23Br2N5O4S.C20H21Br2N5O3S/c1-32-19-5-3-2-4-14(19)10-25-21(29)26-11-17-9-16(12-28(17)13-24)27-33(30,31)20-8-15(22)6-7-18(20)23;21-15-6-7-18(22)19(8-15)31(29,30)26-16-9-17(27(12-16)13-23)11-25-20(28)24-10-14-4-2-1-3-5-14/h2-8,16-17,27H,9-12H2,1H3,(H2,25,26,29);1-8,16-17,26H,9-12H2,(H2,24,25,28)/t2*16-,17-/m11/s1. The van der Waals surface area contributed by atoms with Gasteiger partial charge in [0.1, 0.15) is 5.75 Å². The summed E-state index contributed by atoms with van der Waals surface area (Å²) in [6.07, 6.45) is 4.94. The zero-order chi connectivity index (χ0) is 46.4. The van der Waals surface area contributed by atoms with Gasteiger partial charge < -0.3 is 35.8 Å². The number of carbonyl (C=O) groups is 2. The molecule has 4 amide bonds. The highest BCUT2D eigenvalue weighted by molar-refractivity contribution is 9.11. The van der Waals surface area contributed by atoms with Gasteiger partial charge in [-0.2, -0.15) is 10.5 Å². The van der Waals surface area contributed by atoms with Crippen molar-refractivity contribution in [2.45, 2.75) is 59.9 Å². The Bertz CT molecular complexity index is 2590. The van der Waals surface area contributed by atoms with Crippen LogP contribution in [0.5, 0.6) is 5.75 Å². The Labute approximate surface area is 406 Å². The summed E-state index contributed by atoms with van der Waals surface area (Å²) in [5, 5.41) is 29.9. The van der Waals surface area contributed by atoms with Crippen LogP contribution in [-0.2, 0) is 33.1 Å². The van der Waals surface area contributed by atoms with Crippen molar-refractivity contribution in [3.05, 3.63) is 120 Å². The van der Waals surface area contributed by atoms with Crippen molar-refractivity contribution in [2.75, 3.05) is 33.3 Å². The Balaban J connectivity index is 0.000000241. The van der Waals surface area contributed by atoms with E-state index in [1.165, 1.54) is 21.9 Å². The SMILES string of the molecule is COc1ccccc1CNC(=O)NC[C@H]1C[C@@H](NS(=O)(=O)c2cc(Br)ccc2Br)CN1C#N.N#CN1C[C@H](NS(=O)(=O)c2cc(Br)ccc2Br)C[C@@H]1CNC(=O)NCc1ccccc1. The number of para-hydroxylation sites is 1. The van der Waals surface area contributed by atoms with Crippen LogP contribution in [0.3, 0.4) is 0 Å². The second kappa shape index (κ2) is 23.6. The van der Waals surface area contributed by atoms with E-state index in [0.717, 1.165) is 11.1 Å². The number of hydrogen-bond acceptors (Lipinski definition) is 11. The minimum Gasteiger partial charge on any atom is -0.496 e. The van der Waals surface area contributed by atoms with Crippen LogP contribution in [0.25, 0.3) is 0 Å². The number of nitrogens with zero attached hydrogens (tertiary/aromatic N) is 4. The maximum Gasteiger partial charge on any atom is 0.315 e. The van der Waals surface area contributed by atoms with E-state index < -0.39 is 32.1 Å². The molecule has 0 spiro atoms. The van der Waals surface area contributed by atoms with E-state index in [0.29, 0.717) is 43.0 Å². The van der Waals surface area contributed by atoms with E-state index in [2.05, 4.69) is 107 Å². The molecule has 4 atom stereocenters. The van der Waals surface area contributed by atoms with E-state index in [9.17, 15) is 36.9 Å². The number of hydrogen-bond donors (Lipinski definition) is 6. The monoisotopic (exact) mass is 1170 g/mol. The third kappa shape index (κ3) is 14.5. The molecule has 0 bridgehead atoms. The lowest BCUT2D eigenvalue weighted by molar-refractivity contribution is 0.236. The van der Waals surface area contributed by atoms with Crippen LogP contribution in [0, 0.1) is 22.9 Å². The number of sulfonamides is 2. The van der Waals surface area contributed by atoms with Crippen LogP contribution < -0.4 is 35.4 Å². The third-order valence-corrected chi connectivity index (χ3v) is 16.0. The molecule has 64 heavy (non-hydrogen) atoms. The molecule has 0 aliphatic carbocycles. The number of nitriles is 2. The van der Waals surface area contributed by atoms with Gasteiger partial charge in [0.2, 0.25) is 20.0 Å². The van der Waals surface area contributed by atoms with Gasteiger partial charge in [-0.15, -0.1) is 0 Å². The van der Waals surface area contributed by atoms with Gasteiger partial charge in [-0.1, -0.05) is 80.4 Å². The molecule has 2 heterocycles. The molecule has 0 saturated carbocycles. The first kappa shape index (κ1) is 50.5. The van der Waals surface area contributed by atoms with Gasteiger partial charge in [0.25, 0.3) is 0 Å². The van der Waals surface area contributed by atoms with E-state index in [-0.39, 0.29) is 66.7 Å². The summed E-state index contributed by atoms with van der Waals surface area (Å²) < 4.78 is 64.1. The fourth-order valence-electron chi connectivity index (χ4n) is 6.92. The maximum atomic E-state index is 12.8. The van der Waals surface area contributed by atoms with Crippen LogP contribution in [0.1, 0.15) is 24.0 Å². The number of urea groups is 2. The summed E-state index contributed by atoms with van der Waals surface area (Å²) in [7, 11) is -6.02. The topological polar surface area (TPSA) is 238 Å². The minimum absolute atomic E-state index is 0.109. The average Bonchev–Trinajstić information content (AvgIpc) is 3.86. The second-order valence-electron chi connectivity index (χ2n) is 14.5. The lowest BCUT2D eigenvalue weighted by Gasteiger charge is -2.18. The van der Waals surface area contributed by atoms with Gasteiger partial charge in [0, 0.05) is 74.8 Å². The van der Waals surface area contributed by atoms with Crippen molar-refractivity contribution in [1.82, 2.24) is 40.5 Å². The highest BCUT2D eigenvalue weighted by atomic mass is 79.9. The van der Waals surface area contributed by atoms with Gasteiger partial charge >= 0.3 is 12.1 Å². The largest absolute Gasteiger partial charge is 0.496 e. The molecule has 2 saturated heterocycles. The summed E-state index contributed by atoms with van der Waals surface area (Å²) >= 11 is 13.1. The predicted octanol–water partition coefficient (Wildman–Crippen LogP) is 5.84. The van der Waals surface area contributed by atoms with E-state index in [1.807, 2.05) is 54.6 Å². The lowest BCUT2D eigenvalue weighted by atomic mass is 10.2. The van der Waals surface area contributed by atoms with Gasteiger partial charge in [0.05, 0.1) is 29.0 Å². The number of halogens is 4. The first-order chi connectivity index (χ1) is 30.5. The van der Waals surface area contributed by atoms with Crippen LogP contribution >= 0.6 is 63.7 Å². The smallest absolute Gasteiger partial charge is 0.315 e. The van der Waals surface area contributed by atoms with E-state index >= 15 is 0 Å². The molecule has 2 aliphatic heterocycles. The molecule has 4 aromatic rings. The van der Waals surface area contributed by atoms with Crippen LogP contribution in [0.2, 0.25) is 0 Å². The summed E-state index contributed by atoms with van der Waals surface area (Å²) in [4.78, 5) is 27.5. The second-order valence-corrected chi connectivity index (χ2v) is 21.4. The Morgan fingerprint density at radius 3 is 1.58 bits per heavy atom. The first-order valence-corrected chi connectivity index (χ1v) is 25.6. The third-order valence-electron chi connectivity index (χ3n) is 10.0. The fourth-order valence-corrected chi connectivity index (χ4v) is 12.4. The molecule has 0 radical (unpaired) electrons. The quantitative estimate of drug-likeness (QED) is 0.0774. The van der Waals surface area contributed by atoms with Crippen molar-refractivity contribution < 1.29 is 31.2 Å². The number of ether oxygens (including phenoxy) is 1.